The molecular weight excluding hydrogens is 340 g/mol. The fourth-order valence-electron chi connectivity index (χ4n) is 3.58. The van der Waals surface area contributed by atoms with E-state index in [-0.39, 0.29) is 6.03 Å². The highest BCUT2D eigenvalue weighted by atomic mass is 16.2. The molecule has 140 valence electrons. The molecule has 27 heavy (non-hydrogen) atoms. The number of hydrogen-bond donors (Lipinski definition) is 2. The summed E-state index contributed by atoms with van der Waals surface area (Å²) >= 11 is 0. The number of fused-ring (bicyclic) bond motifs is 1. The van der Waals surface area contributed by atoms with Crippen molar-refractivity contribution in [3.63, 3.8) is 0 Å². The number of benzene rings is 1. The molecule has 7 nitrogen and oxygen atoms in total. The lowest BCUT2D eigenvalue weighted by molar-refractivity contribution is 0.192. The summed E-state index contributed by atoms with van der Waals surface area (Å²) < 4.78 is 2.03. The fraction of sp³-hybridized carbons (Fsp3) is 0.350. The van der Waals surface area contributed by atoms with Crippen LogP contribution in [-0.4, -0.2) is 43.8 Å². The highest BCUT2D eigenvalue weighted by Crippen LogP contribution is 2.28. The van der Waals surface area contributed by atoms with Crippen molar-refractivity contribution in [2.45, 2.75) is 32.9 Å². The largest absolute Gasteiger partial charge is 0.343 e. The predicted molar refractivity (Wildman–Crippen MR) is 103 cm³/mol. The molecule has 7 heteroatoms. The number of aryl methyl sites for hydroxylation is 1. The van der Waals surface area contributed by atoms with Crippen molar-refractivity contribution in [3.05, 3.63) is 59.5 Å². The Morgan fingerprint density at radius 3 is 2.89 bits per heavy atom. The summed E-state index contributed by atoms with van der Waals surface area (Å²) in [4.78, 5) is 22.0. The average molecular weight is 364 g/mol. The zero-order valence-electron chi connectivity index (χ0n) is 15.5. The van der Waals surface area contributed by atoms with Crippen LogP contribution in [-0.2, 0) is 25.9 Å². The van der Waals surface area contributed by atoms with E-state index in [1.54, 1.807) is 12.4 Å². The molecule has 3 aromatic rings. The lowest BCUT2D eigenvalue weighted by Gasteiger charge is -2.28. The molecule has 4 rings (SSSR count). The van der Waals surface area contributed by atoms with Gasteiger partial charge in [0.05, 0.1) is 6.54 Å². The third-order valence-electron chi connectivity index (χ3n) is 4.98. The summed E-state index contributed by atoms with van der Waals surface area (Å²) in [6, 6.07) is 10.2. The maximum absolute atomic E-state index is 12.6. The Hall–Kier alpha value is -3.09. The van der Waals surface area contributed by atoms with E-state index in [4.69, 9.17) is 5.10 Å². The molecule has 1 aliphatic rings. The van der Waals surface area contributed by atoms with Crippen LogP contribution in [0.5, 0.6) is 0 Å². The third-order valence-corrected chi connectivity index (χ3v) is 4.98. The number of amides is 2. The normalized spacial score (nSPS) is 13.4. The maximum Gasteiger partial charge on any atom is 0.317 e. The van der Waals surface area contributed by atoms with Crippen molar-refractivity contribution < 1.29 is 4.79 Å². The average Bonchev–Trinajstić information content (AvgIpc) is 3.35. The van der Waals surface area contributed by atoms with Crippen LogP contribution in [0.2, 0.25) is 0 Å². The van der Waals surface area contributed by atoms with E-state index in [0.717, 1.165) is 36.5 Å². The van der Waals surface area contributed by atoms with Crippen LogP contribution >= 0.6 is 0 Å². The van der Waals surface area contributed by atoms with E-state index >= 15 is 0 Å². The van der Waals surface area contributed by atoms with E-state index in [2.05, 4.69) is 34.3 Å². The summed E-state index contributed by atoms with van der Waals surface area (Å²) in [5.41, 5.74) is 4.37. The number of urea groups is 1. The fourth-order valence-corrected chi connectivity index (χ4v) is 3.58. The molecule has 0 aliphatic carbocycles. The molecule has 0 saturated carbocycles. The highest BCUT2D eigenvalue weighted by molar-refractivity contribution is 5.75. The molecule has 0 atom stereocenters. The first kappa shape index (κ1) is 17.3. The number of H-pyrrole nitrogens is 1. The molecular formula is C20H24N6O. The van der Waals surface area contributed by atoms with Crippen molar-refractivity contribution in [1.82, 2.24) is 30.0 Å². The second kappa shape index (κ2) is 7.65. The van der Waals surface area contributed by atoms with Gasteiger partial charge in [-0.05, 0) is 18.9 Å². The van der Waals surface area contributed by atoms with E-state index in [1.807, 2.05) is 27.8 Å². The first-order chi connectivity index (χ1) is 13.3. The van der Waals surface area contributed by atoms with Gasteiger partial charge in [0, 0.05) is 49.7 Å². The van der Waals surface area contributed by atoms with Crippen molar-refractivity contribution in [2.24, 2.45) is 0 Å². The predicted octanol–water partition coefficient (Wildman–Crippen LogP) is 2.60. The first-order valence-corrected chi connectivity index (χ1v) is 9.41. The number of aromatic nitrogens is 4. The molecule has 0 saturated heterocycles. The Bertz CT molecular complexity index is 900. The standard InChI is InChI=1S/C20H24N6O/c1-2-26-17-9-13-25(14-16(17)18(24-26)19-21-11-12-22-19)20(27)23-10-8-15-6-4-3-5-7-15/h3-7,11-12H,2,8-10,13-14H2,1H3,(H,21,22)(H,23,27). The summed E-state index contributed by atoms with van der Waals surface area (Å²) in [5.74, 6) is 0.754. The van der Waals surface area contributed by atoms with Gasteiger partial charge >= 0.3 is 6.03 Å². The van der Waals surface area contributed by atoms with E-state index in [0.29, 0.717) is 19.6 Å². The molecule has 1 aromatic carbocycles. The second-order valence-corrected chi connectivity index (χ2v) is 6.67. The molecule has 2 amide bonds. The Balaban J connectivity index is 1.44. The molecule has 3 heterocycles. The minimum absolute atomic E-state index is 0.0220. The molecule has 0 unspecified atom stereocenters. The molecule has 0 bridgehead atoms. The van der Waals surface area contributed by atoms with Crippen LogP contribution in [0.15, 0.2) is 42.7 Å². The van der Waals surface area contributed by atoms with Gasteiger partial charge in [0.15, 0.2) is 5.82 Å². The molecule has 1 aliphatic heterocycles. The topological polar surface area (TPSA) is 78.8 Å². The number of imidazole rings is 1. The minimum atomic E-state index is -0.0220. The van der Waals surface area contributed by atoms with E-state index in [1.165, 1.54) is 11.3 Å². The van der Waals surface area contributed by atoms with Gasteiger partial charge in [-0.25, -0.2) is 9.78 Å². The smallest absolute Gasteiger partial charge is 0.317 e. The van der Waals surface area contributed by atoms with Crippen molar-refractivity contribution in [1.29, 1.82) is 0 Å². The maximum atomic E-state index is 12.6. The van der Waals surface area contributed by atoms with Gasteiger partial charge in [-0.3, -0.25) is 4.68 Å². The minimum Gasteiger partial charge on any atom is -0.343 e. The monoisotopic (exact) mass is 364 g/mol. The van der Waals surface area contributed by atoms with Crippen LogP contribution in [0.1, 0.15) is 23.7 Å². The molecule has 2 aromatic heterocycles. The summed E-state index contributed by atoms with van der Waals surface area (Å²) in [6.45, 7) is 4.79. The van der Waals surface area contributed by atoms with Gasteiger partial charge in [-0.15, -0.1) is 0 Å². The Morgan fingerprint density at radius 2 is 2.15 bits per heavy atom. The van der Waals surface area contributed by atoms with Crippen LogP contribution in [0.4, 0.5) is 4.79 Å². The van der Waals surface area contributed by atoms with Gasteiger partial charge in [0.25, 0.3) is 0 Å². The zero-order chi connectivity index (χ0) is 18.6. The van der Waals surface area contributed by atoms with Gasteiger partial charge in [0.2, 0.25) is 0 Å². The Labute approximate surface area is 158 Å². The van der Waals surface area contributed by atoms with Gasteiger partial charge in [0.1, 0.15) is 5.69 Å². The number of nitrogens with one attached hydrogen (secondary N) is 2. The van der Waals surface area contributed by atoms with Crippen LogP contribution < -0.4 is 5.32 Å². The Morgan fingerprint density at radius 1 is 1.30 bits per heavy atom. The molecule has 0 spiro atoms. The number of rotatable bonds is 5. The number of carbonyl (C=O) groups is 1. The summed E-state index contributed by atoms with van der Waals surface area (Å²) in [6.07, 6.45) is 5.16. The second-order valence-electron chi connectivity index (χ2n) is 6.67. The summed E-state index contributed by atoms with van der Waals surface area (Å²) in [7, 11) is 0. The van der Waals surface area contributed by atoms with Crippen molar-refractivity contribution >= 4 is 6.03 Å². The molecule has 2 N–H and O–H groups in total. The molecule has 0 radical (unpaired) electrons. The Kier molecular flexibility index (Phi) is 4.91. The molecule has 0 fully saturated rings. The van der Waals surface area contributed by atoms with Crippen molar-refractivity contribution in [2.75, 3.05) is 13.1 Å². The van der Waals surface area contributed by atoms with Crippen LogP contribution in [0, 0.1) is 0 Å². The van der Waals surface area contributed by atoms with E-state index in [9.17, 15) is 4.79 Å². The SMILES string of the molecule is CCn1nc(-c2ncc[nH]2)c2c1CCN(C(=O)NCCc1ccccc1)C2. The first-order valence-electron chi connectivity index (χ1n) is 9.41. The summed E-state index contributed by atoms with van der Waals surface area (Å²) in [5, 5.41) is 7.76. The third kappa shape index (κ3) is 3.58. The number of nitrogens with zero attached hydrogens (tertiary/aromatic N) is 4. The quantitative estimate of drug-likeness (QED) is 0.730. The number of aromatic amines is 1. The lowest BCUT2D eigenvalue weighted by atomic mass is 10.0. The van der Waals surface area contributed by atoms with E-state index < -0.39 is 0 Å². The number of carbonyl (C=O) groups excluding carboxylic acids is 1. The van der Waals surface area contributed by atoms with Gasteiger partial charge < -0.3 is 15.2 Å². The van der Waals surface area contributed by atoms with Gasteiger partial charge in [-0.2, -0.15) is 5.10 Å². The lowest BCUT2D eigenvalue weighted by Crippen LogP contribution is -2.43. The van der Waals surface area contributed by atoms with Gasteiger partial charge in [-0.1, -0.05) is 30.3 Å². The van der Waals surface area contributed by atoms with Crippen LogP contribution in [0.3, 0.4) is 0 Å². The zero-order valence-corrected chi connectivity index (χ0v) is 15.5. The van der Waals surface area contributed by atoms with Crippen LogP contribution in [0.25, 0.3) is 11.5 Å². The highest BCUT2D eigenvalue weighted by Gasteiger charge is 2.28. The van der Waals surface area contributed by atoms with Crippen molar-refractivity contribution in [3.8, 4) is 11.5 Å². The number of hydrogen-bond acceptors (Lipinski definition) is 3.